The van der Waals surface area contributed by atoms with Crippen LogP contribution in [0.2, 0.25) is 5.02 Å². The molecule has 2 N–H and O–H groups in total. The van der Waals surface area contributed by atoms with E-state index in [4.69, 9.17) is 16.7 Å². The van der Waals surface area contributed by atoms with E-state index in [9.17, 15) is 0 Å². The molecule has 2 aromatic carbocycles. The van der Waals surface area contributed by atoms with Gasteiger partial charge < -0.3 is 10.4 Å². The Morgan fingerprint density at radius 1 is 0.864 bits per heavy atom. The molecule has 0 aliphatic heterocycles. The van der Waals surface area contributed by atoms with Gasteiger partial charge in [-0.25, -0.2) is 0 Å². The van der Waals surface area contributed by atoms with Gasteiger partial charge in [0.05, 0.1) is 18.5 Å². The highest BCUT2D eigenvalue weighted by molar-refractivity contribution is 6.30. The average molecular weight is 311 g/mol. The molecule has 110 valence electrons. The third kappa shape index (κ3) is 3.45. The summed E-state index contributed by atoms with van der Waals surface area (Å²) >= 11 is 5.89. The number of benzene rings is 2. The molecule has 0 saturated carbocycles. The summed E-state index contributed by atoms with van der Waals surface area (Å²) in [6, 6.07) is 17.3. The molecule has 0 amide bonds. The minimum atomic E-state index is 0.0523. The monoisotopic (exact) mass is 310 g/mol. The molecule has 0 unspecified atom stereocenters. The van der Waals surface area contributed by atoms with Crippen molar-refractivity contribution in [3.8, 4) is 11.1 Å². The van der Waals surface area contributed by atoms with E-state index in [-0.39, 0.29) is 6.61 Å². The van der Waals surface area contributed by atoms with Crippen LogP contribution in [0.25, 0.3) is 11.1 Å². The minimum absolute atomic E-state index is 0.0523. The molecule has 4 heteroatoms. The second-order valence-electron chi connectivity index (χ2n) is 4.95. The van der Waals surface area contributed by atoms with Gasteiger partial charge in [0.25, 0.3) is 0 Å². The fourth-order valence-corrected chi connectivity index (χ4v) is 2.29. The molecule has 3 rings (SSSR count). The van der Waals surface area contributed by atoms with Gasteiger partial charge in [-0.2, -0.15) is 0 Å². The van der Waals surface area contributed by atoms with Gasteiger partial charge in [0.1, 0.15) is 0 Å². The number of pyridine rings is 1. The van der Waals surface area contributed by atoms with Crippen LogP contribution in [0.4, 0.5) is 11.4 Å². The Hall–Kier alpha value is -2.36. The molecular formula is C18H15ClN2O. The first kappa shape index (κ1) is 14.6. The van der Waals surface area contributed by atoms with Gasteiger partial charge in [-0.3, -0.25) is 4.98 Å². The van der Waals surface area contributed by atoms with E-state index in [1.165, 1.54) is 0 Å². The molecule has 1 heterocycles. The molecule has 3 nitrogen and oxygen atoms in total. The van der Waals surface area contributed by atoms with E-state index in [1.54, 1.807) is 6.20 Å². The second kappa shape index (κ2) is 6.60. The molecule has 1 aromatic heterocycles. The van der Waals surface area contributed by atoms with E-state index in [0.29, 0.717) is 5.02 Å². The van der Waals surface area contributed by atoms with Crippen LogP contribution >= 0.6 is 11.6 Å². The number of nitrogens with one attached hydrogen (secondary N) is 1. The summed E-state index contributed by atoms with van der Waals surface area (Å²) in [4.78, 5) is 4.28. The lowest BCUT2D eigenvalue weighted by atomic mass is 10.1. The number of aromatic nitrogens is 1. The largest absolute Gasteiger partial charge is 0.392 e. The number of aliphatic hydroxyl groups excluding tert-OH is 1. The molecule has 0 radical (unpaired) electrons. The van der Waals surface area contributed by atoms with E-state index in [1.807, 2.05) is 60.8 Å². The van der Waals surface area contributed by atoms with Crippen LogP contribution in [0.15, 0.2) is 67.0 Å². The summed E-state index contributed by atoms with van der Waals surface area (Å²) in [5.41, 5.74) is 4.84. The van der Waals surface area contributed by atoms with Gasteiger partial charge in [-0.1, -0.05) is 35.9 Å². The fraction of sp³-hybridized carbons (Fsp3) is 0.0556. The Labute approximate surface area is 134 Å². The van der Waals surface area contributed by atoms with Crippen LogP contribution in [0.5, 0.6) is 0 Å². The van der Waals surface area contributed by atoms with Crippen molar-refractivity contribution in [2.75, 3.05) is 5.32 Å². The standard InChI is InChI=1S/C18H15ClN2O/c19-16-5-7-17(8-6-16)21-18-9-15(10-20-11-18)14-3-1-13(12-22)2-4-14/h1-11,21-22H,12H2. The van der Waals surface area contributed by atoms with E-state index in [0.717, 1.165) is 28.1 Å². The third-order valence-corrected chi connectivity index (χ3v) is 3.59. The fourth-order valence-electron chi connectivity index (χ4n) is 2.17. The van der Waals surface area contributed by atoms with Gasteiger partial charge >= 0.3 is 0 Å². The Bertz CT molecular complexity index is 755. The summed E-state index contributed by atoms with van der Waals surface area (Å²) in [6.07, 6.45) is 3.60. The maximum absolute atomic E-state index is 9.10. The summed E-state index contributed by atoms with van der Waals surface area (Å²) in [5, 5.41) is 13.1. The zero-order valence-electron chi connectivity index (χ0n) is 11.8. The molecule has 0 spiro atoms. The number of hydrogen-bond acceptors (Lipinski definition) is 3. The van der Waals surface area contributed by atoms with Crippen molar-refractivity contribution in [2.45, 2.75) is 6.61 Å². The zero-order valence-corrected chi connectivity index (χ0v) is 12.6. The summed E-state index contributed by atoms with van der Waals surface area (Å²) in [5.74, 6) is 0. The summed E-state index contributed by atoms with van der Waals surface area (Å²) in [6.45, 7) is 0.0523. The Morgan fingerprint density at radius 2 is 1.59 bits per heavy atom. The Balaban J connectivity index is 1.83. The second-order valence-corrected chi connectivity index (χ2v) is 5.39. The highest BCUT2D eigenvalue weighted by Gasteiger charge is 2.01. The topological polar surface area (TPSA) is 45.2 Å². The van der Waals surface area contributed by atoms with Crippen molar-refractivity contribution >= 4 is 23.0 Å². The molecule has 0 aliphatic rings. The number of hydrogen-bond donors (Lipinski definition) is 2. The molecule has 0 bridgehead atoms. The van der Waals surface area contributed by atoms with Crippen LogP contribution in [0, 0.1) is 0 Å². The van der Waals surface area contributed by atoms with Crippen molar-refractivity contribution in [1.29, 1.82) is 0 Å². The van der Waals surface area contributed by atoms with Crippen LogP contribution in [-0.2, 0) is 6.61 Å². The number of aliphatic hydroxyl groups is 1. The van der Waals surface area contributed by atoms with Gasteiger partial charge in [0.2, 0.25) is 0 Å². The first-order valence-electron chi connectivity index (χ1n) is 6.92. The van der Waals surface area contributed by atoms with Crippen molar-refractivity contribution in [3.63, 3.8) is 0 Å². The maximum atomic E-state index is 9.10. The summed E-state index contributed by atoms with van der Waals surface area (Å²) in [7, 11) is 0. The number of anilines is 2. The van der Waals surface area contributed by atoms with Gasteiger partial charge in [0.15, 0.2) is 0 Å². The lowest BCUT2D eigenvalue weighted by molar-refractivity contribution is 0.282. The third-order valence-electron chi connectivity index (χ3n) is 3.34. The van der Waals surface area contributed by atoms with Crippen LogP contribution < -0.4 is 5.32 Å². The summed E-state index contributed by atoms with van der Waals surface area (Å²) < 4.78 is 0. The molecular weight excluding hydrogens is 296 g/mol. The smallest absolute Gasteiger partial charge is 0.0681 e. The number of rotatable bonds is 4. The van der Waals surface area contributed by atoms with Gasteiger partial charge in [-0.15, -0.1) is 0 Å². The number of nitrogens with zero attached hydrogens (tertiary/aromatic N) is 1. The average Bonchev–Trinajstić information content (AvgIpc) is 2.57. The first-order chi connectivity index (χ1) is 10.7. The molecule has 3 aromatic rings. The zero-order chi connectivity index (χ0) is 15.4. The Kier molecular flexibility index (Phi) is 4.37. The van der Waals surface area contributed by atoms with E-state index < -0.39 is 0 Å². The highest BCUT2D eigenvalue weighted by Crippen LogP contribution is 2.24. The van der Waals surface area contributed by atoms with Crippen LogP contribution in [0.3, 0.4) is 0 Å². The van der Waals surface area contributed by atoms with Crippen LogP contribution in [-0.4, -0.2) is 10.1 Å². The normalized spacial score (nSPS) is 10.5. The number of halogens is 1. The molecule has 0 atom stereocenters. The van der Waals surface area contributed by atoms with E-state index in [2.05, 4.69) is 10.3 Å². The quantitative estimate of drug-likeness (QED) is 0.738. The SMILES string of the molecule is OCc1ccc(-c2cncc(Nc3ccc(Cl)cc3)c2)cc1. The molecule has 0 saturated heterocycles. The van der Waals surface area contributed by atoms with Crippen LogP contribution in [0.1, 0.15) is 5.56 Å². The van der Waals surface area contributed by atoms with Crippen molar-refractivity contribution in [2.24, 2.45) is 0 Å². The van der Waals surface area contributed by atoms with Gasteiger partial charge in [-0.05, 0) is 41.5 Å². The molecule has 0 aliphatic carbocycles. The van der Waals surface area contributed by atoms with Crippen molar-refractivity contribution in [1.82, 2.24) is 4.98 Å². The lowest BCUT2D eigenvalue weighted by Crippen LogP contribution is -1.92. The van der Waals surface area contributed by atoms with Gasteiger partial charge in [0, 0.05) is 22.5 Å². The maximum Gasteiger partial charge on any atom is 0.0681 e. The van der Waals surface area contributed by atoms with E-state index >= 15 is 0 Å². The molecule has 22 heavy (non-hydrogen) atoms. The Morgan fingerprint density at radius 3 is 2.27 bits per heavy atom. The predicted molar refractivity (Wildman–Crippen MR) is 90.3 cm³/mol. The van der Waals surface area contributed by atoms with Crippen molar-refractivity contribution < 1.29 is 5.11 Å². The minimum Gasteiger partial charge on any atom is -0.392 e. The highest BCUT2D eigenvalue weighted by atomic mass is 35.5. The predicted octanol–water partition coefficient (Wildman–Crippen LogP) is 4.64. The molecule has 0 fully saturated rings. The lowest BCUT2D eigenvalue weighted by Gasteiger charge is -2.08. The first-order valence-corrected chi connectivity index (χ1v) is 7.30. The van der Waals surface area contributed by atoms with Crippen molar-refractivity contribution in [3.05, 3.63) is 77.6 Å².